The molecule has 1 aliphatic rings. The van der Waals surface area contributed by atoms with Crippen molar-refractivity contribution in [1.29, 1.82) is 0 Å². The minimum absolute atomic E-state index is 0.0612. The van der Waals surface area contributed by atoms with E-state index in [1.165, 1.54) is 16.3 Å². The largest absolute Gasteiger partial charge is 0.508 e. The van der Waals surface area contributed by atoms with Crippen molar-refractivity contribution in [3.63, 3.8) is 0 Å². The predicted octanol–water partition coefficient (Wildman–Crippen LogP) is 6.53. The summed E-state index contributed by atoms with van der Waals surface area (Å²) in [6, 6.07) is 32.7. The van der Waals surface area contributed by atoms with Crippen molar-refractivity contribution in [3.8, 4) is 5.75 Å². The molecule has 0 saturated heterocycles. The first-order chi connectivity index (χ1) is 21.3. The number of rotatable bonds is 7. The number of nitrogens with two attached hydrogens (primary N) is 1. The zero-order valence-corrected chi connectivity index (χ0v) is 25.1. The molecule has 0 fully saturated rings. The summed E-state index contributed by atoms with van der Waals surface area (Å²) in [6.07, 6.45) is 1.66. The van der Waals surface area contributed by atoms with Gasteiger partial charge in [0, 0.05) is 17.8 Å². The van der Waals surface area contributed by atoms with Crippen LogP contribution in [0.1, 0.15) is 56.2 Å². The second-order valence-electron chi connectivity index (χ2n) is 11.8. The van der Waals surface area contributed by atoms with Gasteiger partial charge in [0.2, 0.25) is 5.91 Å². The zero-order valence-electron chi connectivity index (χ0n) is 25.1. The highest BCUT2D eigenvalue weighted by Gasteiger charge is 2.31. The number of hydrogen-bond acceptors (Lipinski definition) is 4. The van der Waals surface area contributed by atoms with Gasteiger partial charge >= 0.3 is 0 Å². The predicted molar refractivity (Wildman–Crippen MR) is 176 cm³/mol. The Hall–Kier alpha value is -4.94. The van der Waals surface area contributed by atoms with Crippen LogP contribution in [-0.4, -0.2) is 29.5 Å². The molecule has 6 nitrogen and oxygen atoms in total. The summed E-state index contributed by atoms with van der Waals surface area (Å²) in [5.41, 5.74) is 13.9. The molecular weight excluding hydrogens is 546 g/mol. The molecule has 0 bridgehead atoms. The van der Waals surface area contributed by atoms with Crippen LogP contribution in [0, 0.1) is 13.8 Å². The topological polar surface area (TPSA) is 95.7 Å². The lowest BCUT2D eigenvalue weighted by molar-refractivity contribution is -0.123. The number of carbonyl (C=O) groups is 2. The van der Waals surface area contributed by atoms with Gasteiger partial charge in [0.15, 0.2) is 0 Å². The Bertz CT molecular complexity index is 1830. The van der Waals surface area contributed by atoms with E-state index in [1.807, 2.05) is 67.3 Å². The molecule has 0 aromatic heterocycles. The Morgan fingerprint density at radius 3 is 2.27 bits per heavy atom. The molecule has 6 heteroatoms. The lowest BCUT2D eigenvalue weighted by Gasteiger charge is -2.35. The lowest BCUT2D eigenvalue weighted by atomic mass is 9.91. The van der Waals surface area contributed by atoms with E-state index < -0.39 is 6.04 Å². The van der Waals surface area contributed by atoms with Crippen molar-refractivity contribution in [2.45, 2.75) is 45.2 Å². The third kappa shape index (κ3) is 6.08. The van der Waals surface area contributed by atoms with Crippen LogP contribution in [0.5, 0.6) is 5.75 Å². The molecular formula is C38H37N3O3. The maximum absolute atomic E-state index is 13.6. The highest BCUT2D eigenvalue weighted by atomic mass is 16.3. The molecule has 6 rings (SSSR count). The fourth-order valence-corrected chi connectivity index (χ4v) is 6.34. The number of fused-ring (bicyclic) bond motifs is 2. The summed E-state index contributed by atoms with van der Waals surface area (Å²) in [7, 11) is 0. The second kappa shape index (κ2) is 12.3. The van der Waals surface area contributed by atoms with E-state index in [0.29, 0.717) is 24.9 Å². The lowest BCUT2D eigenvalue weighted by Crippen LogP contribution is -2.46. The summed E-state index contributed by atoms with van der Waals surface area (Å²) < 4.78 is 0. The third-order valence-corrected chi connectivity index (χ3v) is 8.65. The van der Waals surface area contributed by atoms with Crippen molar-refractivity contribution in [2.24, 2.45) is 5.73 Å². The molecule has 44 heavy (non-hydrogen) atoms. The van der Waals surface area contributed by atoms with Gasteiger partial charge in [-0.1, -0.05) is 72.8 Å². The molecule has 4 N–H and O–H groups in total. The summed E-state index contributed by atoms with van der Waals surface area (Å²) >= 11 is 0. The van der Waals surface area contributed by atoms with E-state index in [2.05, 4.69) is 47.8 Å². The first kappa shape index (κ1) is 29.1. The number of nitrogens with zero attached hydrogens (tertiary/aromatic N) is 1. The quantitative estimate of drug-likeness (QED) is 0.203. The molecule has 0 radical (unpaired) electrons. The molecule has 0 aliphatic carbocycles. The average molecular weight is 584 g/mol. The van der Waals surface area contributed by atoms with Crippen LogP contribution in [-0.2, 0) is 17.6 Å². The third-order valence-electron chi connectivity index (χ3n) is 8.65. The number of phenols is 1. The van der Waals surface area contributed by atoms with E-state index >= 15 is 0 Å². The van der Waals surface area contributed by atoms with Crippen LogP contribution in [0.2, 0.25) is 0 Å². The fraction of sp³-hybridized carbons (Fsp3) is 0.211. The van der Waals surface area contributed by atoms with Crippen LogP contribution in [0.15, 0.2) is 103 Å². The number of nitrogens with one attached hydrogen (secondary N) is 1. The Morgan fingerprint density at radius 1 is 0.864 bits per heavy atom. The van der Waals surface area contributed by atoms with Gasteiger partial charge in [-0.15, -0.1) is 0 Å². The van der Waals surface area contributed by atoms with Crippen molar-refractivity contribution < 1.29 is 14.7 Å². The SMILES string of the molecule is Cc1cc(O)cc(C)c1C[C@H](N)C(=O)N[C@@H]1CCN(C(=O)c2ccccc2)c2ccc(Cc3ccc4ccccc4c3)cc21. The van der Waals surface area contributed by atoms with Crippen molar-refractivity contribution in [1.82, 2.24) is 5.32 Å². The highest BCUT2D eigenvalue weighted by molar-refractivity contribution is 6.07. The van der Waals surface area contributed by atoms with Crippen molar-refractivity contribution in [3.05, 3.63) is 142 Å². The zero-order chi connectivity index (χ0) is 30.8. The molecule has 0 unspecified atom stereocenters. The number of benzene rings is 5. The summed E-state index contributed by atoms with van der Waals surface area (Å²) in [5.74, 6) is -0.0980. The smallest absolute Gasteiger partial charge is 0.258 e. The Balaban J connectivity index is 1.29. The van der Waals surface area contributed by atoms with E-state index in [-0.39, 0.29) is 23.6 Å². The maximum atomic E-state index is 13.6. The number of amides is 2. The second-order valence-corrected chi connectivity index (χ2v) is 11.8. The summed E-state index contributed by atoms with van der Waals surface area (Å²) in [6.45, 7) is 4.31. The van der Waals surface area contributed by atoms with Crippen molar-refractivity contribution in [2.75, 3.05) is 11.4 Å². The van der Waals surface area contributed by atoms with Gasteiger partial charge in [0.05, 0.1) is 12.1 Å². The molecule has 2 amide bonds. The van der Waals surface area contributed by atoms with Gasteiger partial charge in [-0.25, -0.2) is 0 Å². The Kier molecular flexibility index (Phi) is 8.18. The Morgan fingerprint density at radius 2 is 1.52 bits per heavy atom. The normalized spacial score (nSPS) is 15.1. The standard InChI is InChI=1S/C38H37N3O3/c1-24-18-31(42)19-25(2)32(24)23-34(39)37(43)40-35-16-17-41(38(44)29-9-4-3-5-10-29)36-15-13-27(22-33(35)36)20-26-12-14-28-8-6-7-11-30(28)21-26/h3-15,18-19,21-22,34-35,42H,16-17,20,23,39H2,1-2H3,(H,40,43)/t34-,35+/m0/s1. The molecule has 0 spiro atoms. The van der Waals surface area contributed by atoms with Gasteiger partial charge < -0.3 is 21.1 Å². The van der Waals surface area contributed by atoms with Gasteiger partial charge in [0.1, 0.15) is 5.75 Å². The van der Waals surface area contributed by atoms with E-state index in [1.54, 1.807) is 12.1 Å². The molecule has 1 heterocycles. The number of phenolic OH excluding ortho intramolecular Hbond substituents is 1. The maximum Gasteiger partial charge on any atom is 0.258 e. The van der Waals surface area contributed by atoms with Gasteiger partial charge in [-0.2, -0.15) is 0 Å². The van der Waals surface area contributed by atoms with Crippen LogP contribution >= 0.6 is 0 Å². The van der Waals surface area contributed by atoms with Crippen LogP contribution in [0.25, 0.3) is 10.8 Å². The highest BCUT2D eigenvalue weighted by Crippen LogP contribution is 2.36. The molecule has 5 aromatic rings. The minimum Gasteiger partial charge on any atom is -0.508 e. The number of aromatic hydroxyl groups is 1. The molecule has 222 valence electrons. The minimum atomic E-state index is -0.759. The first-order valence-electron chi connectivity index (χ1n) is 15.1. The summed E-state index contributed by atoms with van der Waals surface area (Å²) in [4.78, 5) is 28.9. The number of anilines is 1. The summed E-state index contributed by atoms with van der Waals surface area (Å²) in [5, 5.41) is 15.5. The molecule has 1 aliphatic heterocycles. The van der Waals surface area contributed by atoms with Crippen LogP contribution in [0.3, 0.4) is 0 Å². The van der Waals surface area contributed by atoms with E-state index in [9.17, 15) is 14.7 Å². The van der Waals surface area contributed by atoms with E-state index in [4.69, 9.17) is 5.73 Å². The number of hydrogen-bond donors (Lipinski definition) is 3. The van der Waals surface area contributed by atoms with Gasteiger partial charge in [-0.05, 0) is 108 Å². The first-order valence-corrected chi connectivity index (χ1v) is 15.1. The number of carbonyl (C=O) groups excluding carboxylic acids is 2. The molecule has 2 atom stereocenters. The number of aryl methyl sites for hydroxylation is 2. The monoisotopic (exact) mass is 583 g/mol. The van der Waals surface area contributed by atoms with Crippen LogP contribution in [0.4, 0.5) is 5.69 Å². The van der Waals surface area contributed by atoms with Crippen molar-refractivity contribution >= 4 is 28.3 Å². The van der Waals surface area contributed by atoms with Crippen LogP contribution < -0.4 is 16.0 Å². The van der Waals surface area contributed by atoms with Gasteiger partial charge in [-0.3, -0.25) is 9.59 Å². The Labute approximate surface area is 258 Å². The fourth-order valence-electron chi connectivity index (χ4n) is 6.34. The van der Waals surface area contributed by atoms with E-state index in [0.717, 1.165) is 39.9 Å². The molecule has 5 aromatic carbocycles. The van der Waals surface area contributed by atoms with Gasteiger partial charge in [0.25, 0.3) is 5.91 Å². The molecule has 0 saturated carbocycles. The average Bonchev–Trinajstić information content (AvgIpc) is 3.03.